The lowest BCUT2D eigenvalue weighted by molar-refractivity contribution is -0.110. The first-order valence-corrected chi connectivity index (χ1v) is 4.94. The van der Waals surface area contributed by atoms with Crippen LogP contribution in [0.3, 0.4) is 0 Å². The third-order valence-corrected chi connectivity index (χ3v) is 2.49. The number of carbonyl (C=O) groups is 1. The largest absolute Gasteiger partial charge is 0.311 e. The SMILES string of the molecule is CNC(C=O)C(C)Cc1ccccc1.Cl. The molecule has 0 bridgehead atoms. The van der Waals surface area contributed by atoms with Crippen molar-refractivity contribution in [2.24, 2.45) is 5.92 Å². The Labute approximate surface area is 97.5 Å². The van der Waals surface area contributed by atoms with Crippen molar-refractivity contribution < 1.29 is 4.79 Å². The van der Waals surface area contributed by atoms with E-state index in [1.807, 2.05) is 25.2 Å². The molecule has 0 saturated carbocycles. The molecule has 84 valence electrons. The molecule has 0 aromatic heterocycles. The van der Waals surface area contributed by atoms with Gasteiger partial charge in [-0.1, -0.05) is 37.3 Å². The third-order valence-electron chi connectivity index (χ3n) is 2.49. The predicted molar refractivity (Wildman–Crippen MR) is 65.5 cm³/mol. The summed E-state index contributed by atoms with van der Waals surface area (Å²) in [7, 11) is 1.82. The minimum Gasteiger partial charge on any atom is -0.311 e. The summed E-state index contributed by atoms with van der Waals surface area (Å²) in [5.74, 6) is 0.333. The standard InChI is InChI=1S/C12H17NO.ClH/c1-10(12(9-14)13-2)8-11-6-4-3-5-7-11;/h3-7,9-10,12-13H,8H2,1-2H3;1H. The average molecular weight is 228 g/mol. The first-order chi connectivity index (χ1) is 6.77. The lowest BCUT2D eigenvalue weighted by Gasteiger charge is -2.17. The van der Waals surface area contributed by atoms with Crippen LogP contribution in [-0.4, -0.2) is 19.4 Å². The Bertz CT molecular complexity index is 276. The minimum atomic E-state index is -0.0461. The number of halogens is 1. The normalized spacial score (nSPS) is 13.7. The van der Waals surface area contributed by atoms with Gasteiger partial charge in [0.05, 0.1) is 6.04 Å². The number of rotatable bonds is 5. The fourth-order valence-corrected chi connectivity index (χ4v) is 1.60. The maximum atomic E-state index is 10.7. The molecule has 0 aliphatic rings. The summed E-state index contributed by atoms with van der Waals surface area (Å²) in [6.45, 7) is 2.09. The van der Waals surface area contributed by atoms with Crippen molar-refractivity contribution in [1.29, 1.82) is 0 Å². The molecule has 0 aliphatic carbocycles. The highest BCUT2D eigenvalue weighted by Crippen LogP contribution is 2.10. The molecule has 0 heterocycles. The van der Waals surface area contributed by atoms with Gasteiger partial charge in [0.2, 0.25) is 0 Å². The molecule has 3 heteroatoms. The van der Waals surface area contributed by atoms with Gasteiger partial charge in [-0.3, -0.25) is 0 Å². The van der Waals surface area contributed by atoms with Gasteiger partial charge in [0, 0.05) is 0 Å². The van der Waals surface area contributed by atoms with Gasteiger partial charge in [0.15, 0.2) is 0 Å². The molecule has 1 aromatic carbocycles. The van der Waals surface area contributed by atoms with Crippen molar-refractivity contribution >= 4 is 18.7 Å². The summed E-state index contributed by atoms with van der Waals surface area (Å²) >= 11 is 0. The summed E-state index contributed by atoms with van der Waals surface area (Å²) < 4.78 is 0. The lowest BCUT2D eigenvalue weighted by Crippen LogP contribution is -2.34. The van der Waals surface area contributed by atoms with Crippen LogP contribution in [0.5, 0.6) is 0 Å². The smallest absolute Gasteiger partial charge is 0.137 e. The van der Waals surface area contributed by atoms with Crippen LogP contribution >= 0.6 is 12.4 Å². The van der Waals surface area contributed by atoms with Gasteiger partial charge in [-0.2, -0.15) is 0 Å². The molecule has 0 amide bonds. The van der Waals surface area contributed by atoms with Crippen LogP contribution in [0.2, 0.25) is 0 Å². The van der Waals surface area contributed by atoms with E-state index in [2.05, 4.69) is 24.4 Å². The van der Waals surface area contributed by atoms with Gasteiger partial charge in [-0.25, -0.2) is 0 Å². The maximum absolute atomic E-state index is 10.7. The van der Waals surface area contributed by atoms with E-state index >= 15 is 0 Å². The number of nitrogens with one attached hydrogen (secondary N) is 1. The highest BCUT2D eigenvalue weighted by atomic mass is 35.5. The molecule has 2 unspecified atom stereocenters. The summed E-state index contributed by atoms with van der Waals surface area (Å²) in [5, 5.41) is 3.00. The van der Waals surface area contributed by atoms with Crippen LogP contribution in [0.25, 0.3) is 0 Å². The second-order valence-electron chi connectivity index (χ2n) is 3.62. The zero-order valence-electron chi connectivity index (χ0n) is 9.14. The van der Waals surface area contributed by atoms with E-state index in [1.165, 1.54) is 5.56 Å². The van der Waals surface area contributed by atoms with Crippen LogP contribution < -0.4 is 5.32 Å². The fourth-order valence-electron chi connectivity index (χ4n) is 1.60. The molecule has 1 aromatic rings. The molecule has 0 saturated heterocycles. The number of aldehydes is 1. The highest BCUT2D eigenvalue weighted by molar-refractivity contribution is 5.85. The number of hydrogen-bond acceptors (Lipinski definition) is 2. The van der Waals surface area contributed by atoms with E-state index in [0.29, 0.717) is 5.92 Å². The first kappa shape index (κ1) is 14.1. The van der Waals surface area contributed by atoms with E-state index < -0.39 is 0 Å². The summed E-state index contributed by atoms with van der Waals surface area (Å²) in [6.07, 6.45) is 1.92. The average Bonchev–Trinajstić information content (AvgIpc) is 2.21. The zero-order valence-corrected chi connectivity index (χ0v) is 9.96. The van der Waals surface area contributed by atoms with Crippen molar-refractivity contribution in [2.75, 3.05) is 7.05 Å². The Balaban J connectivity index is 0.00000196. The molecule has 0 radical (unpaired) electrons. The quantitative estimate of drug-likeness (QED) is 0.781. The molecule has 2 nitrogen and oxygen atoms in total. The maximum Gasteiger partial charge on any atom is 0.137 e. The Morgan fingerprint density at radius 3 is 2.40 bits per heavy atom. The van der Waals surface area contributed by atoms with E-state index in [4.69, 9.17) is 0 Å². The van der Waals surface area contributed by atoms with E-state index in [9.17, 15) is 4.79 Å². The van der Waals surface area contributed by atoms with Crippen molar-refractivity contribution in [3.8, 4) is 0 Å². The van der Waals surface area contributed by atoms with Crippen LogP contribution in [0.15, 0.2) is 30.3 Å². The molecule has 0 aliphatic heterocycles. The van der Waals surface area contributed by atoms with Gasteiger partial charge in [0.25, 0.3) is 0 Å². The summed E-state index contributed by atoms with van der Waals surface area (Å²) in [5.41, 5.74) is 1.28. The molecule has 1 N–H and O–H groups in total. The zero-order chi connectivity index (χ0) is 10.4. The topological polar surface area (TPSA) is 29.1 Å². The fraction of sp³-hybridized carbons (Fsp3) is 0.417. The Morgan fingerprint density at radius 1 is 1.33 bits per heavy atom. The van der Waals surface area contributed by atoms with Gasteiger partial charge < -0.3 is 10.1 Å². The third kappa shape index (κ3) is 4.45. The second kappa shape index (κ2) is 7.43. The van der Waals surface area contributed by atoms with E-state index in [0.717, 1.165) is 12.7 Å². The number of likely N-dealkylation sites (N-methyl/N-ethyl adjacent to an activating group) is 1. The Morgan fingerprint density at radius 2 is 1.93 bits per heavy atom. The highest BCUT2D eigenvalue weighted by Gasteiger charge is 2.14. The van der Waals surface area contributed by atoms with E-state index in [1.54, 1.807) is 0 Å². The van der Waals surface area contributed by atoms with Crippen LogP contribution in [0, 0.1) is 5.92 Å². The number of carbonyl (C=O) groups excluding carboxylic acids is 1. The molecule has 2 atom stereocenters. The molecule has 1 rings (SSSR count). The van der Waals surface area contributed by atoms with E-state index in [-0.39, 0.29) is 18.4 Å². The Kier molecular flexibility index (Phi) is 7.01. The molecule has 0 fully saturated rings. The predicted octanol–water partition coefficient (Wildman–Crippen LogP) is 2.07. The van der Waals surface area contributed by atoms with Crippen molar-refractivity contribution in [3.05, 3.63) is 35.9 Å². The van der Waals surface area contributed by atoms with Gasteiger partial charge in [0.1, 0.15) is 6.29 Å². The number of benzene rings is 1. The van der Waals surface area contributed by atoms with Crippen LogP contribution in [0.4, 0.5) is 0 Å². The molecule has 15 heavy (non-hydrogen) atoms. The first-order valence-electron chi connectivity index (χ1n) is 4.94. The van der Waals surface area contributed by atoms with Gasteiger partial charge in [-0.15, -0.1) is 12.4 Å². The van der Waals surface area contributed by atoms with Crippen molar-refractivity contribution in [1.82, 2.24) is 5.32 Å². The lowest BCUT2D eigenvalue weighted by atomic mass is 9.95. The van der Waals surface area contributed by atoms with Crippen molar-refractivity contribution in [2.45, 2.75) is 19.4 Å². The van der Waals surface area contributed by atoms with Crippen LogP contribution in [0.1, 0.15) is 12.5 Å². The monoisotopic (exact) mass is 227 g/mol. The number of hydrogen-bond donors (Lipinski definition) is 1. The molecular formula is C12H18ClNO. The summed E-state index contributed by atoms with van der Waals surface area (Å²) in [6, 6.07) is 10.2. The van der Waals surface area contributed by atoms with Gasteiger partial charge >= 0.3 is 0 Å². The van der Waals surface area contributed by atoms with Gasteiger partial charge in [-0.05, 0) is 24.9 Å². The van der Waals surface area contributed by atoms with Crippen LogP contribution in [-0.2, 0) is 11.2 Å². The second-order valence-corrected chi connectivity index (χ2v) is 3.62. The molecular weight excluding hydrogens is 210 g/mol. The Hall–Kier alpha value is -0.860. The minimum absolute atomic E-state index is 0. The molecule has 0 spiro atoms. The van der Waals surface area contributed by atoms with Crippen molar-refractivity contribution in [3.63, 3.8) is 0 Å². The summed E-state index contributed by atoms with van der Waals surface area (Å²) in [4.78, 5) is 10.7.